The summed E-state index contributed by atoms with van der Waals surface area (Å²) in [5, 5.41) is 8.73. The molecule has 1 aliphatic rings. The zero-order chi connectivity index (χ0) is 15.4. The molecule has 0 aromatic heterocycles. The Bertz CT molecular complexity index is 548. The quantitative estimate of drug-likeness (QED) is 0.833. The Hall–Kier alpha value is -2.11. The van der Waals surface area contributed by atoms with Gasteiger partial charge in [-0.25, -0.2) is 4.39 Å². The summed E-state index contributed by atoms with van der Waals surface area (Å²) >= 11 is 0. The smallest absolute Gasteiger partial charge is 0.303 e. The number of carbonyl (C=O) groups is 2. The van der Waals surface area contributed by atoms with Gasteiger partial charge >= 0.3 is 5.97 Å². The number of rotatable bonds is 4. The molecule has 1 aromatic carbocycles. The summed E-state index contributed by atoms with van der Waals surface area (Å²) in [4.78, 5) is 24.7. The second-order valence-corrected chi connectivity index (χ2v) is 5.39. The first kappa shape index (κ1) is 15.3. The van der Waals surface area contributed by atoms with Crippen molar-refractivity contribution < 1.29 is 19.1 Å². The normalized spacial score (nSPS) is 18.5. The third kappa shape index (κ3) is 3.71. The number of carboxylic acid groups (broad SMARTS) is 1. The van der Waals surface area contributed by atoms with Crippen molar-refractivity contribution in [1.82, 2.24) is 4.90 Å². The van der Waals surface area contributed by atoms with Gasteiger partial charge in [0.1, 0.15) is 5.82 Å². The van der Waals surface area contributed by atoms with Crippen molar-refractivity contribution >= 4 is 17.6 Å². The van der Waals surface area contributed by atoms with E-state index in [2.05, 4.69) is 0 Å². The van der Waals surface area contributed by atoms with Gasteiger partial charge < -0.3 is 15.7 Å². The first-order valence-electron chi connectivity index (χ1n) is 7.04. The van der Waals surface area contributed by atoms with Crippen LogP contribution >= 0.6 is 0 Å². The van der Waals surface area contributed by atoms with Crippen LogP contribution in [0, 0.1) is 11.7 Å². The molecule has 5 nitrogen and oxygen atoms in total. The molecule has 1 amide bonds. The van der Waals surface area contributed by atoms with Crippen molar-refractivity contribution in [2.24, 2.45) is 5.92 Å². The van der Waals surface area contributed by atoms with E-state index in [-0.39, 0.29) is 29.5 Å². The molecule has 21 heavy (non-hydrogen) atoms. The lowest BCUT2D eigenvalue weighted by molar-refractivity contribution is -0.137. The first-order valence-corrected chi connectivity index (χ1v) is 7.04. The minimum absolute atomic E-state index is 0.106. The van der Waals surface area contributed by atoms with Gasteiger partial charge in [-0.2, -0.15) is 0 Å². The highest BCUT2D eigenvalue weighted by molar-refractivity contribution is 5.99. The fourth-order valence-electron chi connectivity index (χ4n) is 2.71. The molecule has 1 atom stereocenters. The maximum Gasteiger partial charge on any atom is 0.303 e. The first-order chi connectivity index (χ1) is 9.99. The molecular formula is C15H19FN2O3. The maximum atomic E-state index is 13.4. The molecule has 1 saturated heterocycles. The van der Waals surface area contributed by atoms with E-state index in [4.69, 9.17) is 10.8 Å². The summed E-state index contributed by atoms with van der Waals surface area (Å²) < 4.78 is 13.4. The number of amides is 1. The summed E-state index contributed by atoms with van der Waals surface area (Å²) in [5.41, 5.74) is 5.67. The number of carboxylic acids is 1. The van der Waals surface area contributed by atoms with Crippen LogP contribution in [0.1, 0.15) is 36.0 Å². The minimum Gasteiger partial charge on any atom is -0.481 e. The van der Waals surface area contributed by atoms with Crippen molar-refractivity contribution in [3.05, 3.63) is 29.6 Å². The average molecular weight is 294 g/mol. The number of benzene rings is 1. The highest BCUT2D eigenvalue weighted by atomic mass is 19.1. The van der Waals surface area contributed by atoms with E-state index < -0.39 is 11.8 Å². The number of hydrogen-bond acceptors (Lipinski definition) is 3. The van der Waals surface area contributed by atoms with E-state index >= 15 is 0 Å². The molecule has 1 aromatic rings. The van der Waals surface area contributed by atoms with Gasteiger partial charge in [-0.3, -0.25) is 9.59 Å². The molecule has 6 heteroatoms. The second-order valence-electron chi connectivity index (χ2n) is 5.39. The number of nitrogens with two attached hydrogens (primary N) is 1. The second kappa shape index (κ2) is 6.56. The topological polar surface area (TPSA) is 83.6 Å². The number of piperidine rings is 1. The van der Waals surface area contributed by atoms with Crippen molar-refractivity contribution in [2.45, 2.75) is 25.7 Å². The number of carbonyl (C=O) groups excluding carboxylic acids is 1. The number of nitrogens with zero attached hydrogens (tertiary/aromatic N) is 1. The molecule has 0 aliphatic carbocycles. The number of halogens is 1. The Balaban J connectivity index is 2.05. The Morgan fingerprint density at radius 3 is 2.90 bits per heavy atom. The average Bonchev–Trinajstić information content (AvgIpc) is 2.47. The standard InChI is InChI=1S/C15H19FN2O3/c16-12-5-1-4-11(14(12)17)15(21)18-8-2-3-10(9-18)6-7-13(19)20/h1,4-5,10H,2-3,6-9,17H2,(H,19,20). The molecule has 1 aliphatic heterocycles. The van der Waals surface area contributed by atoms with Crippen LogP contribution in [0.4, 0.5) is 10.1 Å². The van der Waals surface area contributed by atoms with Gasteiger partial charge in [-0.15, -0.1) is 0 Å². The van der Waals surface area contributed by atoms with E-state index in [9.17, 15) is 14.0 Å². The van der Waals surface area contributed by atoms with E-state index in [1.165, 1.54) is 18.2 Å². The zero-order valence-electron chi connectivity index (χ0n) is 11.7. The van der Waals surface area contributed by atoms with Crippen LogP contribution in [-0.2, 0) is 4.79 Å². The molecule has 0 radical (unpaired) electrons. The van der Waals surface area contributed by atoms with Gasteiger partial charge in [0.2, 0.25) is 0 Å². The number of likely N-dealkylation sites (tertiary alicyclic amines) is 1. The summed E-state index contributed by atoms with van der Waals surface area (Å²) in [6.07, 6.45) is 2.40. The predicted octanol–water partition coefficient (Wildman–Crippen LogP) is 2.12. The fourth-order valence-corrected chi connectivity index (χ4v) is 2.71. The van der Waals surface area contributed by atoms with E-state index in [0.29, 0.717) is 19.5 Å². The van der Waals surface area contributed by atoms with E-state index in [1.807, 2.05) is 0 Å². The Morgan fingerprint density at radius 2 is 2.19 bits per heavy atom. The highest BCUT2D eigenvalue weighted by Crippen LogP contribution is 2.24. The maximum absolute atomic E-state index is 13.4. The number of para-hydroxylation sites is 1. The lowest BCUT2D eigenvalue weighted by Crippen LogP contribution is -2.40. The van der Waals surface area contributed by atoms with Crippen LogP contribution in [0.2, 0.25) is 0 Å². The lowest BCUT2D eigenvalue weighted by Gasteiger charge is -2.33. The van der Waals surface area contributed by atoms with Crippen LogP contribution in [0.3, 0.4) is 0 Å². The van der Waals surface area contributed by atoms with Gasteiger partial charge in [0.05, 0.1) is 11.3 Å². The van der Waals surface area contributed by atoms with Gasteiger partial charge in [-0.05, 0) is 37.3 Å². The zero-order valence-corrected chi connectivity index (χ0v) is 11.7. The molecule has 3 N–H and O–H groups in total. The van der Waals surface area contributed by atoms with Gasteiger partial charge in [0, 0.05) is 19.5 Å². The van der Waals surface area contributed by atoms with Crippen molar-refractivity contribution in [3.63, 3.8) is 0 Å². The molecule has 114 valence electrons. The summed E-state index contributed by atoms with van der Waals surface area (Å²) in [5.74, 6) is -1.53. The van der Waals surface area contributed by atoms with Crippen LogP contribution in [0.5, 0.6) is 0 Å². The SMILES string of the molecule is Nc1c(F)cccc1C(=O)N1CCCC(CCC(=O)O)C1. The number of hydrogen-bond donors (Lipinski definition) is 2. The molecule has 0 saturated carbocycles. The van der Waals surface area contributed by atoms with Crippen molar-refractivity contribution in [2.75, 3.05) is 18.8 Å². The monoisotopic (exact) mass is 294 g/mol. The summed E-state index contributed by atoms with van der Waals surface area (Å²) in [6, 6.07) is 4.20. The molecule has 1 unspecified atom stereocenters. The molecule has 0 bridgehead atoms. The van der Waals surface area contributed by atoms with Crippen molar-refractivity contribution in [3.8, 4) is 0 Å². The Labute approximate surface area is 122 Å². The minimum atomic E-state index is -0.826. The van der Waals surface area contributed by atoms with Crippen LogP contribution in [-0.4, -0.2) is 35.0 Å². The van der Waals surface area contributed by atoms with Gasteiger partial charge in [0.15, 0.2) is 0 Å². The van der Waals surface area contributed by atoms with Gasteiger partial charge in [0.25, 0.3) is 5.91 Å². The predicted molar refractivity (Wildman–Crippen MR) is 76.3 cm³/mol. The van der Waals surface area contributed by atoms with E-state index in [1.54, 1.807) is 4.90 Å². The number of aliphatic carboxylic acids is 1. The largest absolute Gasteiger partial charge is 0.481 e. The lowest BCUT2D eigenvalue weighted by atomic mass is 9.93. The summed E-state index contributed by atoms with van der Waals surface area (Å²) in [6.45, 7) is 1.10. The molecule has 1 heterocycles. The third-order valence-corrected chi connectivity index (χ3v) is 3.86. The summed E-state index contributed by atoms with van der Waals surface area (Å²) in [7, 11) is 0. The molecule has 1 fully saturated rings. The molecular weight excluding hydrogens is 275 g/mol. The van der Waals surface area contributed by atoms with Gasteiger partial charge in [-0.1, -0.05) is 6.07 Å². The van der Waals surface area contributed by atoms with Crippen molar-refractivity contribution in [1.29, 1.82) is 0 Å². The number of nitrogen functional groups attached to an aromatic ring is 1. The Morgan fingerprint density at radius 1 is 1.43 bits per heavy atom. The van der Waals surface area contributed by atoms with E-state index in [0.717, 1.165) is 12.8 Å². The van der Waals surface area contributed by atoms with Crippen LogP contribution in [0.25, 0.3) is 0 Å². The highest BCUT2D eigenvalue weighted by Gasteiger charge is 2.26. The molecule has 2 rings (SSSR count). The number of anilines is 1. The fraction of sp³-hybridized carbons (Fsp3) is 0.467. The van der Waals surface area contributed by atoms with Crippen LogP contribution < -0.4 is 5.73 Å². The van der Waals surface area contributed by atoms with Crippen LogP contribution in [0.15, 0.2) is 18.2 Å². The third-order valence-electron chi connectivity index (χ3n) is 3.86. The Kier molecular flexibility index (Phi) is 4.77. The molecule has 0 spiro atoms.